The van der Waals surface area contributed by atoms with Gasteiger partial charge < -0.3 is 30.0 Å². The summed E-state index contributed by atoms with van der Waals surface area (Å²) in [6, 6.07) is 11.9. The Morgan fingerprint density at radius 3 is 2.62 bits per heavy atom. The van der Waals surface area contributed by atoms with Gasteiger partial charge in [-0.15, -0.1) is 0 Å². The number of urea groups is 1. The van der Waals surface area contributed by atoms with E-state index in [-0.39, 0.29) is 31.0 Å². The molecule has 0 spiro atoms. The lowest BCUT2D eigenvalue weighted by Crippen LogP contribution is -2.45. The number of rotatable bonds is 11. The number of ether oxygens (including phenoxy) is 2. The minimum absolute atomic E-state index is 0.0255. The maximum absolute atomic E-state index is 12.9. The number of amides is 3. The number of piperidine rings is 1. The smallest absolute Gasteiger partial charge is 0.317 e. The predicted octanol–water partition coefficient (Wildman–Crippen LogP) is 4.00. The van der Waals surface area contributed by atoms with Crippen molar-refractivity contribution in [2.45, 2.75) is 32.3 Å². The Morgan fingerprint density at radius 2 is 1.86 bits per heavy atom. The molecule has 0 atom stereocenters. The minimum atomic E-state index is -0.295. The van der Waals surface area contributed by atoms with Crippen molar-refractivity contribution in [3.8, 4) is 5.75 Å². The van der Waals surface area contributed by atoms with E-state index in [0.29, 0.717) is 19.0 Å². The van der Waals surface area contributed by atoms with Crippen LogP contribution in [0.25, 0.3) is 10.9 Å². The van der Waals surface area contributed by atoms with Crippen LogP contribution < -0.4 is 15.4 Å². The van der Waals surface area contributed by atoms with Gasteiger partial charge in [0.05, 0.1) is 13.7 Å². The number of benzene rings is 2. The normalized spacial score (nSPS) is 14.1. The lowest BCUT2D eigenvalue weighted by Gasteiger charge is -2.32. The molecule has 9 heteroatoms. The maximum Gasteiger partial charge on any atom is 0.317 e. The topological polar surface area (TPSA) is 95.7 Å². The standard InChI is InChI=1S/C28H35FN4O4/c1-36-24-6-7-26-25(16-24)22(17-32-26)9-13-31-28(35)33-14-10-20(11-15-33)8-12-30-27(34)19-37-18-21-2-4-23(29)5-3-21/h2-7,16-17,20,32H,8-15,18-19H2,1H3,(H,30,34)(H,31,35). The number of carbonyl (C=O) groups excluding carboxylic acids is 2. The average Bonchev–Trinajstić information content (AvgIpc) is 3.32. The van der Waals surface area contributed by atoms with Gasteiger partial charge in [-0.2, -0.15) is 0 Å². The second-order valence-electron chi connectivity index (χ2n) is 9.40. The third-order valence-electron chi connectivity index (χ3n) is 6.84. The van der Waals surface area contributed by atoms with Gasteiger partial charge in [-0.1, -0.05) is 12.1 Å². The molecular weight excluding hydrogens is 475 g/mol. The summed E-state index contributed by atoms with van der Waals surface area (Å²) < 4.78 is 23.6. The van der Waals surface area contributed by atoms with Gasteiger partial charge in [0.15, 0.2) is 0 Å². The molecule has 0 radical (unpaired) electrons. The highest BCUT2D eigenvalue weighted by Crippen LogP contribution is 2.24. The Kier molecular flexibility index (Phi) is 9.37. The average molecular weight is 511 g/mol. The molecule has 3 N–H and O–H groups in total. The molecule has 0 aliphatic carbocycles. The Morgan fingerprint density at radius 1 is 1.08 bits per heavy atom. The molecule has 1 saturated heterocycles. The van der Waals surface area contributed by atoms with Crippen LogP contribution in [0.4, 0.5) is 9.18 Å². The first-order chi connectivity index (χ1) is 18.0. The minimum Gasteiger partial charge on any atom is -0.497 e. The predicted molar refractivity (Wildman–Crippen MR) is 140 cm³/mol. The van der Waals surface area contributed by atoms with Crippen molar-refractivity contribution in [2.24, 2.45) is 5.92 Å². The lowest BCUT2D eigenvalue weighted by atomic mass is 9.94. The molecule has 1 aromatic heterocycles. The number of nitrogens with one attached hydrogen (secondary N) is 3. The highest BCUT2D eigenvalue weighted by Gasteiger charge is 2.22. The molecule has 1 fully saturated rings. The zero-order chi connectivity index (χ0) is 26.0. The van der Waals surface area contributed by atoms with Crippen LogP contribution in [0.2, 0.25) is 0 Å². The number of halogens is 1. The van der Waals surface area contributed by atoms with Crippen LogP contribution in [-0.4, -0.2) is 61.7 Å². The fraction of sp³-hybridized carbons (Fsp3) is 0.429. The number of likely N-dealkylation sites (tertiary alicyclic amines) is 1. The van der Waals surface area contributed by atoms with Crippen LogP contribution in [0, 0.1) is 11.7 Å². The number of methoxy groups -OCH3 is 1. The lowest BCUT2D eigenvalue weighted by molar-refractivity contribution is -0.126. The molecule has 0 bridgehead atoms. The number of nitrogens with zero attached hydrogens (tertiary/aromatic N) is 1. The van der Waals surface area contributed by atoms with Crippen LogP contribution in [-0.2, 0) is 22.6 Å². The molecule has 37 heavy (non-hydrogen) atoms. The molecule has 3 aromatic rings. The van der Waals surface area contributed by atoms with Gasteiger partial charge in [-0.05, 0) is 73.1 Å². The molecule has 198 valence electrons. The molecule has 3 amide bonds. The van der Waals surface area contributed by atoms with E-state index < -0.39 is 0 Å². The van der Waals surface area contributed by atoms with Crippen LogP contribution in [0.1, 0.15) is 30.4 Å². The van der Waals surface area contributed by atoms with E-state index in [0.717, 1.165) is 66.6 Å². The van der Waals surface area contributed by atoms with E-state index in [1.165, 1.54) is 12.1 Å². The van der Waals surface area contributed by atoms with E-state index >= 15 is 0 Å². The maximum atomic E-state index is 12.9. The summed E-state index contributed by atoms with van der Waals surface area (Å²) in [6.45, 7) is 2.83. The molecule has 2 heterocycles. The fourth-order valence-corrected chi connectivity index (χ4v) is 4.64. The van der Waals surface area contributed by atoms with Crippen molar-refractivity contribution in [1.82, 2.24) is 20.5 Å². The Hall–Kier alpha value is -3.59. The molecule has 8 nitrogen and oxygen atoms in total. The number of hydrogen-bond acceptors (Lipinski definition) is 4. The second kappa shape index (κ2) is 13.1. The fourth-order valence-electron chi connectivity index (χ4n) is 4.64. The Balaban J connectivity index is 1.08. The number of H-pyrrole nitrogens is 1. The van der Waals surface area contributed by atoms with Crippen LogP contribution in [0.15, 0.2) is 48.7 Å². The zero-order valence-corrected chi connectivity index (χ0v) is 21.2. The van der Waals surface area contributed by atoms with Crippen molar-refractivity contribution in [1.29, 1.82) is 0 Å². The SMILES string of the molecule is COc1ccc2[nH]cc(CCNC(=O)N3CCC(CCNC(=O)COCc4ccc(F)cc4)CC3)c2c1. The number of aromatic nitrogens is 1. The van der Waals surface area contributed by atoms with Crippen molar-refractivity contribution >= 4 is 22.8 Å². The van der Waals surface area contributed by atoms with Gasteiger partial charge in [-0.25, -0.2) is 9.18 Å². The summed E-state index contributed by atoms with van der Waals surface area (Å²) in [5, 5.41) is 7.05. The van der Waals surface area contributed by atoms with Gasteiger partial charge >= 0.3 is 6.03 Å². The summed E-state index contributed by atoms with van der Waals surface area (Å²) in [5.41, 5.74) is 3.03. The zero-order valence-electron chi connectivity index (χ0n) is 21.2. The van der Waals surface area contributed by atoms with E-state index in [1.807, 2.05) is 29.3 Å². The molecule has 0 unspecified atom stereocenters. The van der Waals surface area contributed by atoms with E-state index in [4.69, 9.17) is 9.47 Å². The summed E-state index contributed by atoms with van der Waals surface area (Å²) in [6.07, 6.45) is 5.45. The molecule has 1 aliphatic rings. The van der Waals surface area contributed by atoms with Crippen LogP contribution in [0.3, 0.4) is 0 Å². The van der Waals surface area contributed by atoms with E-state index in [2.05, 4.69) is 15.6 Å². The number of carbonyl (C=O) groups is 2. The van der Waals surface area contributed by atoms with Crippen molar-refractivity contribution in [2.75, 3.05) is 39.9 Å². The highest BCUT2D eigenvalue weighted by molar-refractivity contribution is 5.84. The molecular formula is C28H35FN4O4. The third-order valence-corrected chi connectivity index (χ3v) is 6.84. The first-order valence-electron chi connectivity index (χ1n) is 12.8. The van der Waals surface area contributed by atoms with Crippen molar-refractivity contribution in [3.05, 3.63) is 65.6 Å². The first kappa shape index (κ1) is 26.5. The molecule has 4 rings (SSSR count). The van der Waals surface area contributed by atoms with Gasteiger partial charge in [0.25, 0.3) is 0 Å². The molecule has 1 aliphatic heterocycles. The summed E-state index contributed by atoms with van der Waals surface area (Å²) >= 11 is 0. The van der Waals surface area contributed by atoms with Crippen molar-refractivity contribution in [3.63, 3.8) is 0 Å². The first-order valence-corrected chi connectivity index (χ1v) is 12.8. The number of hydrogen-bond donors (Lipinski definition) is 3. The van der Waals surface area contributed by atoms with Crippen LogP contribution >= 0.6 is 0 Å². The summed E-state index contributed by atoms with van der Waals surface area (Å²) in [5.74, 6) is 0.837. The highest BCUT2D eigenvalue weighted by atomic mass is 19.1. The monoisotopic (exact) mass is 510 g/mol. The van der Waals surface area contributed by atoms with Gasteiger partial charge in [0, 0.05) is 43.3 Å². The third kappa shape index (κ3) is 7.69. The van der Waals surface area contributed by atoms with Crippen LogP contribution in [0.5, 0.6) is 5.75 Å². The number of fused-ring (bicyclic) bond motifs is 1. The van der Waals surface area contributed by atoms with Crippen molar-refractivity contribution < 1.29 is 23.5 Å². The van der Waals surface area contributed by atoms with Gasteiger partial charge in [0.1, 0.15) is 18.2 Å². The van der Waals surface area contributed by atoms with E-state index in [9.17, 15) is 14.0 Å². The molecule has 2 aromatic carbocycles. The second-order valence-corrected chi connectivity index (χ2v) is 9.40. The van der Waals surface area contributed by atoms with Gasteiger partial charge in [0.2, 0.25) is 5.91 Å². The van der Waals surface area contributed by atoms with E-state index in [1.54, 1.807) is 19.2 Å². The Bertz CT molecular complexity index is 1170. The summed E-state index contributed by atoms with van der Waals surface area (Å²) in [7, 11) is 1.65. The van der Waals surface area contributed by atoms with Gasteiger partial charge in [-0.3, -0.25) is 4.79 Å². The summed E-state index contributed by atoms with van der Waals surface area (Å²) in [4.78, 5) is 29.7. The quantitative estimate of drug-likeness (QED) is 0.363. The molecule has 0 saturated carbocycles. The largest absolute Gasteiger partial charge is 0.497 e. The Labute approximate surface area is 216 Å². The number of aromatic amines is 1.